The molecule has 0 radical (unpaired) electrons. The first-order chi connectivity index (χ1) is 9.65. The van der Waals surface area contributed by atoms with E-state index in [2.05, 4.69) is 10.6 Å². The summed E-state index contributed by atoms with van der Waals surface area (Å²) in [5, 5.41) is 6.07. The van der Waals surface area contributed by atoms with Gasteiger partial charge in [0.25, 0.3) is 0 Å². The van der Waals surface area contributed by atoms with Gasteiger partial charge in [-0.25, -0.2) is 0 Å². The fourth-order valence-corrected chi connectivity index (χ4v) is 2.63. The highest BCUT2D eigenvalue weighted by atomic mass is 35.5. The van der Waals surface area contributed by atoms with E-state index in [0.29, 0.717) is 18.0 Å². The molecule has 2 N–H and O–H groups in total. The standard InChI is InChI=1S/C15H19ClN2O2/c16-12-5-3-4-11(10-12)8-9-17-14(19)15(20)18-13-6-1-2-7-13/h3-5,10,13H,1-2,6-9H2,(H,17,19)(H,18,20). The maximum Gasteiger partial charge on any atom is 0.309 e. The molecule has 1 aromatic rings. The molecule has 5 heteroatoms. The Labute approximate surface area is 123 Å². The fourth-order valence-electron chi connectivity index (χ4n) is 2.41. The van der Waals surface area contributed by atoms with Gasteiger partial charge in [0.15, 0.2) is 0 Å². The molecule has 0 saturated heterocycles. The first-order valence-corrected chi connectivity index (χ1v) is 7.36. The zero-order valence-electron chi connectivity index (χ0n) is 11.3. The molecule has 0 aliphatic heterocycles. The second-order valence-corrected chi connectivity index (χ2v) is 5.53. The summed E-state index contributed by atoms with van der Waals surface area (Å²) in [6.07, 6.45) is 4.86. The normalized spacial score (nSPS) is 15.1. The number of hydrogen-bond donors (Lipinski definition) is 2. The average Bonchev–Trinajstić information content (AvgIpc) is 2.91. The summed E-state index contributed by atoms with van der Waals surface area (Å²) >= 11 is 5.88. The molecule has 108 valence electrons. The Morgan fingerprint density at radius 3 is 2.65 bits per heavy atom. The first kappa shape index (κ1) is 14.9. The fraction of sp³-hybridized carbons (Fsp3) is 0.467. The molecule has 20 heavy (non-hydrogen) atoms. The molecule has 1 saturated carbocycles. The molecule has 2 amide bonds. The Balaban J connectivity index is 1.70. The Morgan fingerprint density at radius 1 is 1.20 bits per heavy atom. The van der Waals surface area contributed by atoms with Crippen LogP contribution in [0, 0.1) is 0 Å². The van der Waals surface area contributed by atoms with Crippen molar-refractivity contribution >= 4 is 23.4 Å². The van der Waals surface area contributed by atoms with Gasteiger partial charge in [-0.05, 0) is 37.0 Å². The number of carbonyl (C=O) groups excluding carboxylic acids is 2. The van der Waals surface area contributed by atoms with Crippen molar-refractivity contribution in [3.63, 3.8) is 0 Å². The minimum atomic E-state index is -0.557. The smallest absolute Gasteiger partial charge is 0.309 e. The number of rotatable bonds is 4. The van der Waals surface area contributed by atoms with E-state index in [1.807, 2.05) is 18.2 Å². The van der Waals surface area contributed by atoms with Crippen molar-refractivity contribution in [3.05, 3.63) is 34.9 Å². The Bertz CT molecular complexity index is 485. The highest BCUT2D eigenvalue weighted by Gasteiger charge is 2.20. The molecule has 2 rings (SSSR count). The predicted octanol–water partition coefficient (Wildman–Crippen LogP) is 2.06. The van der Waals surface area contributed by atoms with Crippen molar-refractivity contribution in [1.29, 1.82) is 0 Å². The van der Waals surface area contributed by atoms with E-state index in [-0.39, 0.29) is 6.04 Å². The third-order valence-corrected chi connectivity index (χ3v) is 3.72. The molecule has 4 nitrogen and oxygen atoms in total. The maximum atomic E-state index is 11.7. The van der Waals surface area contributed by atoms with E-state index < -0.39 is 11.8 Å². The monoisotopic (exact) mass is 294 g/mol. The van der Waals surface area contributed by atoms with Crippen LogP contribution in [0.4, 0.5) is 0 Å². The molecule has 1 aromatic carbocycles. The van der Waals surface area contributed by atoms with E-state index >= 15 is 0 Å². The summed E-state index contributed by atoms with van der Waals surface area (Å²) < 4.78 is 0. The topological polar surface area (TPSA) is 58.2 Å². The molecule has 0 aromatic heterocycles. The average molecular weight is 295 g/mol. The largest absolute Gasteiger partial charge is 0.348 e. The van der Waals surface area contributed by atoms with Crippen LogP contribution in [0.1, 0.15) is 31.2 Å². The summed E-state index contributed by atoms with van der Waals surface area (Å²) in [5.41, 5.74) is 1.04. The van der Waals surface area contributed by atoms with Gasteiger partial charge >= 0.3 is 11.8 Å². The van der Waals surface area contributed by atoms with Crippen LogP contribution < -0.4 is 10.6 Å². The molecular weight excluding hydrogens is 276 g/mol. The van der Waals surface area contributed by atoms with E-state index in [1.165, 1.54) is 0 Å². The van der Waals surface area contributed by atoms with Crippen LogP contribution in [0.5, 0.6) is 0 Å². The van der Waals surface area contributed by atoms with Gasteiger partial charge in [-0.3, -0.25) is 9.59 Å². The third-order valence-electron chi connectivity index (χ3n) is 3.48. The lowest BCUT2D eigenvalue weighted by Crippen LogP contribution is -2.44. The van der Waals surface area contributed by atoms with Gasteiger partial charge in [-0.15, -0.1) is 0 Å². The minimum absolute atomic E-state index is 0.168. The van der Waals surface area contributed by atoms with Gasteiger partial charge in [-0.1, -0.05) is 36.6 Å². The molecule has 0 heterocycles. The summed E-state index contributed by atoms with van der Waals surface area (Å²) in [5.74, 6) is -1.08. The van der Waals surface area contributed by atoms with Crippen LogP contribution in [-0.2, 0) is 16.0 Å². The van der Waals surface area contributed by atoms with Gasteiger partial charge in [0.2, 0.25) is 0 Å². The van der Waals surface area contributed by atoms with E-state index in [9.17, 15) is 9.59 Å². The Kier molecular flexibility index (Phi) is 5.41. The number of benzene rings is 1. The quantitative estimate of drug-likeness (QED) is 0.835. The van der Waals surface area contributed by atoms with Gasteiger partial charge in [0.05, 0.1) is 0 Å². The van der Waals surface area contributed by atoms with Crippen molar-refractivity contribution in [1.82, 2.24) is 10.6 Å². The highest BCUT2D eigenvalue weighted by molar-refractivity contribution is 6.35. The van der Waals surface area contributed by atoms with Gasteiger partial charge in [-0.2, -0.15) is 0 Å². The molecule has 0 atom stereocenters. The van der Waals surface area contributed by atoms with Crippen molar-refractivity contribution in [2.45, 2.75) is 38.1 Å². The van der Waals surface area contributed by atoms with Crippen LogP contribution >= 0.6 is 11.6 Å². The lowest BCUT2D eigenvalue weighted by atomic mass is 10.1. The minimum Gasteiger partial charge on any atom is -0.348 e. The summed E-state index contributed by atoms with van der Waals surface area (Å²) in [6.45, 7) is 0.428. The van der Waals surface area contributed by atoms with E-state index in [0.717, 1.165) is 31.2 Å². The lowest BCUT2D eigenvalue weighted by molar-refractivity contribution is -0.139. The van der Waals surface area contributed by atoms with Crippen LogP contribution in [0.25, 0.3) is 0 Å². The van der Waals surface area contributed by atoms with Gasteiger partial charge in [0, 0.05) is 17.6 Å². The predicted molar refractivity (Wildman–Crippen MR) is 78.6 cm³/mol. The number of nitrogens with one attached hydrogen (secondary N) is 2. The van der Waals surface area contributed by atoms with Crippen LogP contribution in [0.3, 0.4) is 0 Å². The Morgan fingerprint density at radius 2 is 1.95 bits per heavy atom. The lowest BCUT2D eigenvalue weighted by Gasteiger charge is -2.11. The van der Waals surface area contributed by atoms with Crippen LogP contribution in [0.2, 0.25) is 5.02 Å². The second-order valence-electron chi connectivity index (χ2n) is 5.09. The summed E-state index contributed by atoms with van der Waals surface area (Å²) in [7, 11) is 0. The van der Waals surface area contributed by atoms with Crippen molar-refractivity contribution in [3.8, 4) is 0 Å². The third kappa shape index (κ3) is 4.53. The molecule has 0 bridgehead atoms. The van der Waals surface area contributed by atoms with E-state index in [4.69, 9.17) is 11.6 Å². The van der Waals surface area contributed by atoms with Crippen molar-refractivity contribution in [2.24, 2.45) is 0 Å². The molecular formula is C15H19ClN2O2. The number of amides is 2. The number of carbonyl (C=O) groups is 2. The molecule has 0 spiro atoms. The van der Waals surface area contributed by atoms with Crippen molar-refractivity contribution < 1.29 is 9.59 Å². The van der Waals surface area contributed by atoms with Crippen LogP contribution in [-0.4, -0.2) is 24.4 Å². The number of hydrogen-bond acceptors (Lipinski definition) is 2. The number of halogens is 1. The van der Waals surface area contributed by atoms with Crippen molar-refractivity contribution in [2.75, 3.05) is 6.54 Å². The SMILES string of the molecule is O=C(NCCc1cccc(Cl)c1)C(=O)NC1CCCC1. The van der Waals surface area contributed by atoms with E-state index in [1.54, 1.807) is 6.07 Å². The zero-order valence-corrected chi connectivity index (χ0v) is 12.1. The summed E-state index contributed by atoms with van der Waals surface area (Å²) in [6, 6.07) is 7.63. The summed E-state index contributed by atoms with van der Waals surface area (Å²) in [4.78, 5) is 23.3. The van der Waals surface area contributed by atoms with Gasteiger partial charge < -0.3 is 10.6 Å². The highest BCUT2D eigenvalue weighted by Crippen LogP contribution is 2.17. The van der Waals surface area contributed by atoms with Crippen LogP contribution in [0.15, 0.2) is 24.3 Å². The maximum absolute atomic E-state index is 11.7. The molecule has 1 aliphatic rings. The molecule has 1 aliphatic carbocycles. The second kappa shape index (κ2) is 7.29. The Hall–Kier alpha value is -1.55. The molecule has 0 unspecified atom stereocenters. The zero-order chi connectivity index (χ0) is 14.4. The van der Waals surface area contributed by atoms with Gasteiger partial charge in [0.1, 0.15) is 0 Å². The molecule has 1 fully saturated rings. The first-order valence-electron chi connectivity index (χ1n) is 6.98.